The summed E-state index contributed by atoms with van der Waals surface area (Å²) < 4.78 is 13.3. The van der Waals surface area contributed by atoms with Crippen LogP contribution < -0.4 is 5.73 Å². The Kier molecular flexibility index (Phi) is 2.29. The van der Waals surface area contributed by atoms with Crippen LogP contribution in [-0.4, -0.2) is 11.7 Å². The Labute approximate surface area is 61.8 Å². The van der Waals surface area contributed by atoms with Crippen molar-refractivity contribution in [3.8, 4) is 0 Å². The van der Waals surface area contributed by atoms with Gasteiger partial charge in [-0.05, 0) is 26.2 Å². The van der Waals surface area contributed by atoms with Crippen molar-refractivity contribution in [1.82, 2.24) is 0 Å². The van der Waals surface area contributed by atoms with E-state index in [1.807, 2.05) is 0 Å². The molecule has 0 aromatic carbocycles. The number of nitrogens with two attached hydrogens (primary N) is 1. The number of hydrogen-bond donors (Lipinski definition) is 1. The average molecular weight is 145 g/mol. The van der Waals surface area contributed by atoms with E-state index in [1.165, 1.54) is 0 Å². The van der Waals surface area contributed by atoms with Gasteiger partial charge in [0.15, 0.2) is 0 Å². The first kappa shape index (κ1) is 7.99. The fraction of sp³-hybridized carbons (Fsp3) is 1.00. The Morgan fingerprint density at radius 3 is 2.90 bits per heavy atom. The third-order valence-electron chi connectivity index (χ3n) is 2.21. The maximum absolute atomic E-state index is 13.3. The Morgan fingerprint density at radius 2 is 2.20 bits per heavy atom. The summed E-state index contributed by atoms with van der Waals surface area (Å²) in [6, 6.07) is 0.0949. The van der Waals surface area contributed by atoms with Gasteiger partial charge >= 0.3 is 0 Å². The zero-order chi connectivity index (χ0) is 7.61. The summed E-state index contributed by atoms with van der Waals surface area (Å²) in [6.45, 7) is 1.66. The third-order valence-corrected chi connectivity index (χ3v) is 2.21. The first-order valence-electron chi connectivity index (χ1n) is 4.05. The van der Waals surface area contributed by atoms with E-state index in [1.54, 1.807) is 6.92 Å². The van der Waals surface area contributed by atoms with E-state index in [9.17, 15) is 4.39 Å². The van der Waals surface area contributed by atoms with Crippen LogP contribution in [-0.2, 0) is 0 Å². The average Bonchev–Trinajstić information content (AvgIpc) is 1.90. The molecule has 0 amide bonds. The highest BCUT2D eigenvalue weighted by molar-refractivity contribution is 4.82. The van der Waals surface area contributed by atoms with Crippen molar-refractivity contribution in [3.63, 3.8) is 0 Å². The van der Waals surface area contributed by atoms with Gasteiger partial charge in [-0.25, -0.2) is 4.39 Å². The van der Waals surface area contributed by atoms with Gasteiger partial charge in [0.25, 0.3) is 0 Å². The first-order valence-corrected chi connectivity index (χ1v) is 4.05. The van der Waals surface area contributed by atoms with E-state index in [4.69, 9.17) is 5.73 Å². The highest BCUT2D eigenvalue weighted by Crippen LogP contribution is 2.29. The second-order valence-electron chi connectivity index (χ2n) is 3.62. The van der Waals surface area contributed by atoms with Crippen molar-refractivity contribution in [2.75, 3.05) is 0 Å². The van der Waals surface area contributed by atoms with E-state index < -0.39 is 5.67 Å². The van der Waals surface area contributed by atoms with Gasteiger partial charge in [0.2, 0.25) is 0 Å². The smallest absolute Gasteiger partial charge is 0.109 e. The Hall–Kier alpha value is -0.110. The monoisotopic (exact) mass is 145 g/mol. The number of alkyl halides is 1. The van der Waals surface area contributed by atoms with Crippen molar-refractivity contribution >= 4 is 0 Å². The van der Waals surface area contributed by atoms with Gasteiger partial charge < -0.3 is 5.73 Å². The standard InChI is InChI=1S/C8H16FN/c1-8(9)5-3-2-4-7(10)6-8/h7H,2-6,10H2,1H3. The molecular formula is C8H16FN. The summed E-state index contributed by atoms with van der Waals surface area (Å²) in [6.07, 6.45) is 4.34. The fourth-order valence-corrected chi connectivity index (χ4v) is 1.65. The fourth-order valence-electron chi connectivity index (χ4n) is 1.65. The topological polar surface area (TPSA) is 26.0 Å². The molecule has 2 N–H and O–H groups in total. The molecule has 1 fully saturated rings. The molecule has 1 nitrogen and oxygen atoms in total. The molecule has 1 saturated carbocycles. The van der Waals surface area contributed by atoms with Crippen LogP contribution in [0.25, 0.3) is 0 Å². The first-order chi connectivity index (χ1) is 4.60. The maximum Gasteiger partial charge on any atom is 0.109 e. The minimum absolute atomic E-state index is 0.0949. The van der Waals surface area contributed by atoms with Crippen LogP contribution in [0.2, 0.25) is 0 Å². The molecule has 1 aliphatic carbocycles. The molecule has 0 radical (unpaired) electrons. The SMILES string of the molecule is CC1(F)CCCCC(N)C1. The second-order valence-corrected chi connectivity index (χ2v) is 3.62. The second kappa shape index (κ2) is 2.87. The van der Waals surface area contributed by atoms with Crippen molar-refractivity contribution in [3.05, 3.63) is 0 Å². The van der Waals surface area contributed by atoms with Gasteiger partial charge in [0.05, 0.1) is 0 Å². The van der Waals surface area contributed by atoms with Crippen LogP contribution in [0.4, 0.5) is 4.39 Å². The van der Waals surface area contributed by atoms with E-state index in [-0.39, 0.29) is 6.04 Å². The zero-order valence-corrected chi connectivity index (χ0v) is 6.57. The van der Waals surface area contributed by atoms with Crippen molar-refractivity contribution in [1.29, 1.82) is 0 Å². The molecule has 0 spiro atoms. The quantitative estimate of drug-likeness (QED) is 0.518. The molecule has 60 valence electrons. The molecule has 2 unspecified atom stereocenters. The molecule has 0 aromatic heterocycles. The molecule has 0 aromatic rings. The predicted octanol–water partition coefficient (Wildman–Crippen LogP) is 2.01. The highest BCUT2D eigenvalue weighted by atomic mass is 19.1. The molecule has 1 aliphatic rings. The van der Waals surface area contributed by atoms with Crippen LogP contribution >= 0.6 is 0 Å². The Balaban J connectivity index is 2.46. The van der Waals surface area contributed by atoms with Gasteiger partial charge in [0.1, 0.15) is 5.67 Å². The van der Waals surface area contributed by atoms with E-state index >= 15 is 0 Å². The molecule has 0 aliphatic heterocycles. The number of rotatable bonds is 0. The summed E-state index contributed by atoms with van der Waals surface area (Å²) >= 11 is 0. The van der Waals surface area contributed by atoms with Crippen LogP contribution in [0.3, 0.4) is 0 Å². The van der Waals surface area contributed by atoms with E-state index in [2.05, 4.69) is 0 Å². The molecule has 2 heteroatoms. The molecule has 0 saturated heterocycles. The Bertz CT molecular complexity index is 112. The van der Waals surface area contributed by atoms with Gasteiger partial charge in [-0.2, -0.15) is 0 Å². The lowest BCUT2D eigenvalue weighted by Crippen LogP contribution is -2.28. The lowest BCUT2D eigenvalue weighted by Gasteiger charge is -2.19. The lowest BCUT2D eigenvalue weighted by molar-refractivity contribution is 0.158. The summed E-state index contributed by atoms with van der Waals surface area (Å²) in [7, 11) is 0. The van der Waals surface area contributed by atoms with Crippen LogP contribution in [0.15, 0.2) is 0 Å². The predicted molar refractivity (Wildman–Crippen MR) is 40.6 cm³/mol. The van der Waals surface area contributed by atoms with Crippen molar-refractivity contribution < 1.29 is 4.39 Å². The number of hydrogen-bond acceptors (Lipinski definition) is 1. The molecule has 0 bridgehead atoms. The third kappa shape index (κ3) is 2.25. The molecule has 10 heavy (non-hydrogen) atoms. The van der Waals surface area contributed by atoms with Gasteiger partial charge in [0, 0.05) is 6.04 Å². The summed E-state index contributed by atoms with van der Waals surface area (Å²) in [5.74, 6) is 0. The van der Waals surface area contributed by atoms with Gasteiger partial charge in [-0.1, -0.05) is 12.8 Å². The van der Waals surface area contributed by atoms with E-state index in [0.29, 0.717) is 12.8 Å². The van der Waals surface area contributed by atoms with E-state index in [0.717, 1.165) is 19.3 Å². The van der Waals surface area contributed by atoms with Crippen LogP contribution in [0, 0.1) is 0 Å². The summed E-state index contributed by atoms with van der Waals surface area (Å²) in [4.78, 5) is 0. The zero-order valence-electron chi connectivity index (χ0n) is 6.57. The lowest BCUT2D eigenvalue weighted by atomic mass is 9.97. The van der Waals surface area contributed by atoms with Gasteiger partial charge in [-0.15, -0.1) is 0 Å². The summed E-state index contributed by atoms with van der Waals surface area (Å²) in [5.41, 5.74) is 4.68. The normalized spacial score (nSPS) is 42.9. The molecule has 2 atom stereocenters. The van der Waals surface area contributed by atoms with Crippen molar-refractivity contribution in [2.24, 2.45) is 5.73 Å². The largest absolute Gasteiger partial charge is 0.328 e. The van der Waals surface area contributed by atoms with Crippen molar-refractivity contribution in [2.45, 2.75) is 50.7 Å². The van der Waals surface area contributed by atoms with Crippen LogP contribution in [0.1, 0.15) is 39.0 Å². The molecule has 1 rings (SSSR count). The summed E-state index contributed by atoms with van der Waals surface area (Å²) in [5, 5.41) is 0. The van der Waals surface area contributed by atoms with Gasteiger partial charge in [-0.3, -0.25) is 0 Å². The number of halogens is 1. The van der Waals surface area contributed by atoms with Crippen LogP contribution in [0.5, 0.6) is 0 Å². The maximum atomic E-state index is 13.3. The molecular weight excluding hydrogens is 129 g/mol. The highest BCUT2D eigenvalue weighted by Gasteiger charge is 2.27. The molecule has 0 heterocycles. The minimum Gasteiger partial charge on any atom is -0.328 e. The Morgan fingerprint density at radius 1 is 1.50 bits per heavy atom. The minimum atomic E-state index is -0.990.